The van der Waals surface area contributed by atoms with Crippen LogP contribution in [-0.4, -0.2) is 10.7 Å². The summed E-state index contributed by atoms with van der Waals surface area (Å²) in [4.78, 5) is 4.20. The summed E-state index contributed by atoms with van der Waals surface area (Å²) in [6.45, 7) is 2.14. The summed E-state index contributed by atoms with van der Waals surface area (Å²) in [6.07, 6.45) is 2.91. The van der Waals surface area contributed by atoms with Crippen molar-refractivity contribution in [3.8, 4) is 0 Å². The number of pyridine rings is 1. The van der Waals surface area contributed by atoms with Gasteiger partial charge < -0.3 is 0 Å². The van der Waals surface area contributed by atoms with E-state index >= 15 is 0 Å². The molecule has 0 amide bonds. The first-order valence-corrected chi connectivity index (χ1v) is 5.83. The van der Waals surface area contributed by atoms with Gasteiger partial charge in [-0.05, 0) is 34.2 Å². The van der Waals surface area contributed by atoms with E-state index in [-0.39, 0.29) is 0 Å². The molecule has 0 bridgehead atoms. The van der Waals surface area contributed by atoms with Crippen LogP contribution < -0.4 is 0 Å². The predicted molar refractivity (Wildman–Crippen MR) is 58.0 cm³/mol. The van der Waals surface area contributed by atoms with Crippen LogP contribution in [0.4, 0.5) is 0 Å². The highest BCUT2D eigenvalue weighted by Gasteiger charge is 2.01. The van der Waals surface area contributed by atoms with E-state index in [1.165, 1.54) is 0 Å². The van der Waals surface area contributed by atoms with E-state index in [1.807, 2.05) is 6.07 Å². The quantitative estimate of drug-likeness (QED) is 0.767. The number of aromatic nitrogens is 1. The van der Waals surface area contributed by atoms with Crippen LogP contribution in [-0.2, 0) is 0 Å². The number of thioether (sulfide) groups is 1. The fourth-order valence-corrected chi connectivity index (χ4v) is 2.22. The molecule has 12 heavy (non-hydrogen) atoms. The Hall–Kier alpha value is 0.270. The van der Waals surface area contributed by atoms with Crippen molar-refractivity contribution in [3.63, 3.8) is 0 Å². The lowest BCUT2D eigenvalue weighted by Gasteiger charge is -2.01. The molecule has 1 aromatic rings. The van der Waals surface area contributed by atoms with Crippen LogP contribution in [0.15, 0.2) is 21.8 Å². The fraction of sp³-hybridized carbons (Fsp3) is 0.375. The van der Waals surface area contributed by atoms with Gasteiger partial charge in [-0.2, -0.15) is 0 Å². The minimum absolute atomic E-state index is 0.725. The Morgan fingerprint density at radius 2 is 2.42 bits per heavy atom. The van der Waals surface area contributed by atoms with Crippen molar-refractivity contribution < 1.29 is 0 Å². The molecule has 1 nitrogen and oxygen atoms in total. The molecule has 66 valence electrons. The largest absolute Gasteiger partial charge is 0.247 e. The molecule has 0 unspecified atom stereocenters. The van der Waals surface area contributed by atoms with Crippen LogP contribution in [0.1, 0.15) is 13.3 Å². The van der Waals surface area contributed by atoms with Crippen molar-refractivity contribution in [2.24, 2.45) is 0 Å². The van der Waals surface area contributed by atoms with Crippen LogP contribution in [0.3, 0.4) is 0 Å². The lowest BCUT2D eigenvalue weighted by molar-refractivity contribution is 1.08. The van der Waals surface area contributed by atoms with E-state index in [4.69, 9.17) is 11.6 Å². The summed E-state index contributed by atoms with van der Waals surface area (Å²) in [5.41, 5.74) is 0. The number of nitrogens with zero attached hydrogens (tertiary/aromatic N) is 1. The van der Waals surface area contributed by atoms with Crippen LogP contribution in [0, 0.1) is 0 Å². The van der Waals surface area contributed by atoms with Gasteiger partial charge in [-0.1, -0.05) is 18.5 Å². The SMILES string of the molecule is CCCSc1ncc(Br)cc1Cl. The molecule has 0 aliphatic heterocycles. The molecule has 4 heteroatoms. The zero-order valence-electron chi connectivity index (χ0n) is 6.68. The molecule has 0 radical (unpaired) electrons. The lowest BCUT2D eigenvalue weighted by Crippen LogP contribution is -1.83. The average molecular weight is 267 g/mol. The Bertz CT molecular complexity index is 267. The first-order valence-electron chi connectivity index (χ1n) is 3.68. The molecular formula is C8H9BrClNS. The summed E-state index contributed by atoms with van der Waals surface area (Å²) >= 11 is 11.0. The first kappa shape index (κ1) is 10.4. The second-order valence-corrected chi connectivity index (χ2v) is 4.70. The maximum absolute atomic E-state index is 5.95. The summed E-state index contributed by atoms with van der Waals surface area (Å²) in [5, 5.41) is 1.64. The Morgan fingerprint density at radius 1 is 1.67 bits per heavy atom. The normalized spacial score (nSPS) is 10.2. The Balaban J connectivity index is 2.72. The van der Waals surface area contributed by atoms with Gasteiger partial charge >= 0.3 is 0 Å². The maximum Gasteiger partial charge on any atom is 0.115 e. The molecule has 0 atom stereocenters. The summed E-state index contributed by atoms with van der Waals surface area (Å²) < 4.78 is 0.924. The second-order valence-electron chi connectivity index (χ2n) is 2.29. The van der Waals surface area contributed by atoms with E-state index < -0.39 is 0 Å². The number of hydrogen-bond donors (Lipinski definition) is 0. The third-order valence-corrected chi connectivity index (χ3v) is 3.26. The monoisotopic (exact) mass is 265 g/mol. The molecule has 0 aliphatic rings. The molecule has 0 spiro atoms. The van der Waals surface area contributed by atoms with Gasteiger partial charge in [-0.25, -0.2) is 4.98 Å². The van der Waals surface area contributed by atoms with E-state index in [2.05, 4.69) is 27.8 Å². The van der Waals surface area contributed by atoms with Crippen molar-refractivity contribution in [2.75, 3.05) is 5.75 Å². The molecular weight excluding hydrogens is 258 g/mol. The van der Waals surface area contributed by atoms with E-state index in [0.717, 1.165) is 26.7 Å². The van der Waals surface area contributed by atoms with Gasteiger partial charge in [0.1, 0.15) is 5.03 Å². The number of rotatable bonds is 3. The highest BCUT2D eigenvalue weighted by molar-refractivity contribution is 9.10. The van der Waals surface area contributed by atoms with Gasteiger partial charge in [-0.3, -0.25) is 0 Å². The Morgan fingerprint density at radius 3 is 3.00 bits per heavy atom. The molecule has 1 aromatic heterocycles. The van der Waals surface area contributed by atoms with Crippen LogP contribution in [0.25, 0.3) is 0 Å². The van der Waals surface area contributed by atoms with Crippen LogP contribution in [0.5, 0.6) is 0 Å². The molecule has 1 heterocycles. The average Bonchev–Trinajstić information content (AvgIpc) is 2.03. The zero-order chi connectivity index (χ0) is 8.97. The van der Waals surface area contributed by atoms with E-state index in [1.54, 1.807) is 18.0 Å². The number of halogens is 2. The molecule has 0 N–H and O–H groups in total. The summed E-state index contributed by atoms with van der Waals surface area (Å²) in [7, 11) is 0. The highest BCUT2D eigenvalue weighted by atomic mass is 79.9. The molecule has 0 aliphatic carbocycles. The van der Waals surface area contributed by atoms with Crippen molar-refractivity contribution in [2.45, 2.75) is 18.4 Å². The lowest BCUT2D eigenvalue weighted by atomic mass is 10.5. The zero-order valence-corrected chi connectivity index (χ0v) is 9.84. The molecule has 0 saturated heterocycles. The predicted octanol–water partition coefficient (Wildman–Crippen LogP) is 4.00. The molecule has 0 aromatic carbocycles. The Labute approximate surface area is 90.0 Å². The van der Waals surface area contributed by atoms with Gasteiger partial charge in [0, 0.05) is 10.7 Å². The van der Waals surface area contributed by atoms with Gasteiger partial charge in [0.25, 0.3) is 0 Å². The smallest absolute Gasteiger partial charge is 0.115 e. The molecule has 0 saturated carbocycles. The highest BCUT2D eigenvalue weighted by Crippen LogP contribution is 2.27. The van der Waals surface area contributed by atoms with Crippen molar-refractivity contribution in [3.05, 3.63) is 21.8 Å². The maximum atomic E-state index is 5.95. The second kappa shape index (κ2) is 5.10. The fourth-order valence-electron chi connectivity index (χ4n) is 0.707. The Kier molecular flexibility index (Phi) is 4.40. The van der Waals surface area contributed by atoms with Gasteiger partial charge in [0.15, 0.2) is 0 Å². The molecule has 0 fully saturated rings. The summed E-state index contributed by atoms with van der Waals surface area (Å²) in [5.74, 6) is 1.06. The van der Waals surface area contributed by atoms with E-state index in [0.29, 0.717) is 0 Å². The topological polar surface area (TPSA) is 12.9 Å². The minimum atomic E-state index is 0.725. The van der Waals surface area contributed by atoms with E-state index in [9.17, 15) is 0 Å². The third-order valence-electron chi connectivity index (χ3n) is 1.22. The number of hydrogen-bond acceptors (Lipinski definition) is 2. The standard InChI is InChI=1S/C8H9BrClNS/c1-2-3-12-8-7(10)4-6(9)5-11-8/h4-5H,2-3H2,1H3. The van der Waals surface area contributed by atoms with Crippen molar-refractivity contribution in [1.82, 2.24) is 4.98 Å². The van der Waals surface area contributed by atoms with Crippen molar-refractivity contribution in [1.29, 1.82) is 0 Å². The van der Waals surface area contributed by atoms with Gasteiger partial charge in [0.2, 0.25) is 0 Å². The molecule has 1 rings (SSSR count). The van der Waals surface area contributed by atoms with Crippen LogP contribution >= 0.6 is 39.3 Å². The minimum Gasteiger partial charge on any atom is -0.247 e. The van der Waals surface area contributed by atoms with Gasteiger partial charge in [0.05, 0.1) is 5.02 Å². The van der Waals surface area contributed by atoms with Crippen molar-refractivity contribution >= 4 is 39.3 Å². The van der Waals surface area contributed by atoms with Gasteiger partial charge in [-0.15, -0.1) is 11.8 Å². The summed E-state index contributed by atoms with van der Waals surface area (Å²) in [6, 6.07) is 1.87. The first-order chi connectivity index (χ1) is 5.74. The third kappa shape index (κ3) is 2.96. The van der Waals surface area contributed by atoms with Crippen LogP contribution in [0.2, 0.25) is 5.02 Å².